The lowest BCUT2D eigenvalue weighted by Gasteiger charge is -2.24. The highest BCUT2D eigenvalue weighted by atomic mass is 16.2. The highest BCUT2D eigenvalue weighted by Crippen LogP contribution is 2.24. The number of urea groups is 1. The third-order valence-electron chi connectivity index (χ3n) is 4.54. The SMILES string of the molecule is CC(C)c1ccccc1NC(=O)N(Cc1ccccc1)Cc1ccccc1. The summed E-state index contributed by atoms with van der Waals surface area (Å²) < 4.78 is 0. The molecular weight excluding hydrogens is 332 g/mol. The van der Waals surface area contributed by atoms with E-state index in [4.69, 9.17) is 0 Å². The zero-order valence-corrected chi connectivity index (χ0v) is 15.9. The van der Waals surface area contributed by atoms with E-state index in [1.807, 2.05) is 83.8 Å². The molecule has 3 rings (SSSR count). The van der Waals surface area contributed by atoms with Gasteiger partial charge in [0.1, 0.15) is 0 Å². The van der Waals surface area contributed by atoms with Crippen molar-refractivity contribution in [3.63, 3.8) is 0 Å². The minimum Gasteiger partial charge on any atom is -0.316 e. The van der Waals surface area contributed by atoms with Gasteiger partial charge in [0.05, 0.1) is 0 Å². The second kappa shape index (κ2) is 9.04. The van der Waals surface area contributed by atoms with Crippen molar-refractivity contribution in [1.29, 1.82) is 0 Å². The lowest BCUT2D eigenvalue weighted by atomic mass is 10.0. The van der Waals surface area contributed by atoms with Crippen molar-refractivity contribution in [1.82, 2.24) is 4.90 Å². The van der Waals surface area contributed by atoms with E-state index in [2.05, 4.69) is 25.2 Å². The van der Waals surface area contributed by atoms with Gasteiger partial charge in [0, 0.05) is 18.8 Å². The van der Waals surface area contributed by atoms with Crippen LogP contribution in [-0.4, -0.2) is 10.9 Å². The van der Waals surface area contributed by atoms with E-state index in [1.165, 1.54) is 0 Å². The van der Waals surface area contributed by atoms with Crippen LogP contribution in [-0.2, 0) is 13.1 Å². The molecule has 3 aromatic rings. The van der Waals surface area contributed by atoms with Crippen LogP contribution in [0.2, 0.25) is 0 Å². The largest absolute Gasteiger partial charge is 0.322 e. The van der Waals surface area contributed by atoms with Crippen LogP contribution in [0.25, 0.3) is 0 Å². The van der Waals surface area contributed by atoms with Gasteiger partial charge >= 0.3 is 6.03 Å². The van der Waals surface area contributed by atoms with Gasteiger partial charge in [-0.25, -0.2) is 4.79 Å². The number of anilines is 1. The van der Waals surface area contributed by atoms with Crippen molar-refractivity contribution in [3.05, 3.63) is 102 Å². The lowest BCUT2D eigenvalue weighted by molar-refractivity contribution is 0.206. The average molecular weight is 358 g/mol. The minimum atomic E-state index is -0.0872. The summed E-state index contributed by atoms with van der Waals surface area (Å²) in [5, 5.41) is 3.12. The van der Waals surface area contributed by atoms with Gasteiger partial charge in [0.2, 0.25) is 0 Å². The van der Waals surface area contributed by atoms with Crippen molar-refractivity contribution in [3.8, 4) is 0 Å². The summed E-state index contributed by atoms with van der Waals surface area (Å²) >= 11 is 0. The van der Waals surface area contributed by atoms with E-state index in [1.54, 1.807) is 0 Å². The van der Waals surface area contributed by atoms with Crippen molar-refractivity contribution in [2.75, 3.05) is 5.32 Å². The van der Waals surface area contributed by atoms with Crippen LogP contribution in [0, 0.1) is 0 Å². The smallest absolute Gasteiger partial charge is 0.316 e. The van der Waals surface area contributed by atoms with Crippen molar-refractivity contribution >= 4 is 11.7 Å². The zero-order chi connectivity index (χ0) is 19.1. The Hall–Kier alpha value is -3.07. The van der Waals surface area contributed by atoms with Crippen LogP contribution in [0.4, 0.5) is 10.5 Å². The summed E-state index contributed by atoms with van der Waals surface area (Å²) in [6, 6.07) is 28.1. The molecule has 3 aromatic carbocycles. The monoisotopic (exact) mass is 358 g/mol. The number of hydrogen-bond donors (Lipinski definition) is 1. The standard InChI is InChI=1S/C24H26N2O/c1-19(2)22-15-9-10-16-23(22)25-24(27)26(17-20-11-5-3-6-12-20)18-21-13-7-4-8-14-21/h3-16,19H,17-18H2,1-2H3,(H,25,27). The molecule has 0 radical (unpaired) electrons. The molecule has 0 unspecified atom stereocenters. The highest BCUT2D eigenvalue weighted by molar-refractivity contribution is 5.90. The molecule has 0 bridgehead atoms. The van der Waals surface area contributed by atoms with Crippen molar-refractivity contribution in [2.24, 2.45) is 0 Å². The maximum Gasteiger partial charge on any atom is 0.322 e. The molecule has 0 saturated heterocycles. The molecule has 3 heteroatoms. The van der Waals surface area contributed by atoms with E-state index >= 15 is 0 Å². The van der Waals surface area contributed by atoms with E-state index in [9.17, 15) is 4.79 Å². The summed E-state index contributed by atoms with van der Waals surface area (Å²) in [4.78, 5) is 15.0. The normalized spacial score (nSPS) is 10.6. The van der Waals surface area contributed by atoms with E-state index in [-0.39, 0.29) is 6.03 Å². The number of carbonyl (C=O) groups excluding carboxylic acids is 1. The second-order valence-electron chi connectivity index (χ2n) is 7.00. The Balaban J connectivity index is 1.82. The Bertz CT molecular complexity index is 818. The summed E-state index contributed by atoms with van der Waals surface area (Å²) in [5.74, 6) is 0.346. The third-order valence-corrected chi connectivity index (χ3v) is 4.54. The lowest BCUT2D eigenvalue weighted by Crippen LogP contribution is -2.34. The van der Waals surface area contributed by atoms with Crippen LogP contribution in [0.15, 0.2) is 84.9 Å². The van der Waals surface area contributed by atoms with Gasteiger partial charge in [0.15, 0.2) is 0 Å². The Kier molecular flexibility index (Phi) is 6.26. The van der Waals surface area contributed by atoms with Crippen LogP contribution in [0.3, 0.4) is 0 Å². The van der Waals surface area contributed by atoms with Gasteiger partial charge in [-0.15, -0.1) is 0 Å². The third kappa shape index (κ3) is 5.20. The van der Waals surface area contributed by atoms with E-state index < -0.39 is 0 Å². The fourth-order valence-electron chi connectivity index (χ4n) is 3.12. The minimum absolute atomic E-state index is 0.0872. The predicted molar refractivity (Wildman–Crippen MR) is 112 cm³/mol. The highest BCUT2D eigenvalue weighted by Gasteiger charge is 2.17. The van der Waals surface area contributed by atoms with Crippen LogP contribution in [0.5, 0.6) is 0 Å². The van der Waals surface area contributed by atoms with Gasteiger partial charge in [-0.1, -0.05) is 92.7 Å². The molecule has 3 nitrogen and oxygen atoms in total. The van der Waals surface area contributed by atoms with E-state index in [0.717, 1.165) is 22.4 Å². The molecule has 0 aliphatic carbocycles. The van der Waals surface area contributed by atoms with Crippen molar-refractivity contribution in [2.45, 2.75) is 32.9 Å². The fraction of sp³-hybridized carbons (Fsp3) is 0.208. The first-order chi connectivity index (χ1) is 13.1. The van der Waals surface area contributed by atoms with Gasteiger partial charge in [-0.05, 0) is 28.7 Å². The number of para-hydroxylation sites is 1. The number of amides is 2. The Morgan fingerprint density at radius 2 is 1.26 bits per heavy atom. The van der Waals surface area contributed by atoms with Crippen LogP contribution >= 0.6 is 0 Å². The van der Waals surface area contributed by atoms with Crippen LogP contribution in [0.1, 0.15) is 36.5 Å². The number of benzene rings is 3. The molecule has 0 heterocycles. The molecule has 0 aliphatic rings. The molecule has 27 heavy (non-hydrogen) atoms. The summed E-state index contributed by atoms with van der Waals surface area (Å²) in [6.45, 7) is 5.39. The number of carbonyl (C=O) groups is 1. The van der Waals surface area contributed by atoms with Gasteiger partial charge < -0.3 is 10.2 Å². The molecule has 0 spiro atoms. The fourth-order valence-corrected chi connectivity index (χ4v) is 3.12. The Morgan fingerprint density at radius 3 is 1.78 bits per heavy atom. The van der Waals surface area contributed by atoms with Crippen molar-refractivity contribution < 1.29 is 4.79 Å². The predicted octanol–water partition coefficient (Wildman–Crippen LogP) is 6.04. The molecule has 2 amide bonds. The Morgan fingerprint density at radius 1 is 0.778 bits per heavy atom. The summed E-state index contributed by atoms with van der Waals surface area (Å²) in [7, 11) is 0. The first-order valence-electron chi connectivity index (χ1n) is 9.36. The average Bonchev–Trinajstić information content (AvgIpc) is 2.69. The van der Waals surface area contributed by atoms with Gasteiger partial charge in [0.25, 0.3) is 0 Å². The zero-order valence-electron chi connectivity index (χ0n) is 15.9. The van der Waals surface area contributed by atoms with Gasteiger partial charge in [-0.2, -0.15) is 0 Å². The number of rotatable bonds is 6. The first-order valence-corrected chi connectivity index (χ1v) is 9.36. The second-order valence-corrected chi connectivity index (χ2v) is 7.00. The summed E-state index contributed by atoms with van der Waals surface area (Å²) in [6.07, 6.45) is 0. The Labute approximate surface area is 161 Å². The molecular formula is C24H26N2O. The molecule has 0 fully saturated rings. The molecule has 138 valence electrons. The van der Waals surface area contributed by atoms with Gasteiger partial charge in [-0.3, -0.25) is 0 Å². The molecule has 1 N–H and O–H groups in total. The molecule has 0 atom stereocenters. The summed E-state index contributed by atoms with van der Waals surface area (Å²) in [5.41, 5.74) is 4.25. The van der Waals surface area contributed by atoms with Crippen LogP contribution < -0.4 is 5.32 Å². The quantitative estimate of drug-likeness (QED) is 0.572. The number of nitrogens with one attached hydrogen (secondary N) is 1. The molecule has 0 aliphatic heterocycles. The van der Waals surface area contributed by atoms with E-state index in [0.29, 0.717) is 19.0 Å². The molecule has 0 aromatic heterocycles. The number of hydrogen-bond acceptors (Lipinski definition) is 1. The maximum atomic E-state index is 13.1. The first kappa shape index (κ1) is 18.7. The molecule has 0 saturated carbocycles. The number of nitrogens with zero attached hydrogens (tertiary/aromatic N) is 1. The topological polar surface area (TPSA) is 32.3 Å². The maximum absolute atomic E-state index is 13.1.